The van der Waals surface area contributed by atoms with E-state index in [1.54, 1.807) is 6.92 Å². The SMILES string of the molecule is CCOC(C)O[C@H]1OC=C(C(=O)O)[C@H]2CC=C(CCOC(C)=O)[C@H]12. The van der Waals surface area contributed by atoms with Crippen molar-refractivity contribution in [1.29, 1.82) is 0 Å². The number of carbonyl (C=O) groups is 2. The van der Waals surface area contributed by atoms with Crippen LogP contribution in [0.5, 0.6) is 0 Å². The molecule has 4 atom stereocenters. The van der Waals surface area contributed by atoms with Gasteiger partial charge in [-0.2, -0.15) is 0 Å². The number of carboxylic acids is 1. The molecule has 134 valence electrons. The lowest BCUT2D eigenvalue weighted by molar-refractivity contribution is -0.242. The topological polar surface area (TPSA) is 91.3 Å². The zero-order chi connectivity index (χ0) is 17.7. The van der Waals surface area contributed by atoms with Gasteiger partial charge in [-0.15, -0.1) is 0 Å². The number of fused-ring (bicyclic) bond motifs is 1. The van der Waals surface area contributed by atoms with Crippen molar-refractivity contribution >= 4 is 11.9 Å². The molecule has 0 aromatic carbocycles. The molecule has 0 radical (unpaired) electrons. The van der Waals surface area contributed by atoms with Crippen molar-refractivity contribution in [3.63, 3.8) is 0 Å². The Hall–Kier alpha value is -1.86. The minimum Gasteiger partial charge on any atom is -0.478 e. The zero-order valence-electron chi connectivity index (χ0n) is 14.2. The third kappa shape index (κ3) is 4.36. The number of carboxylic acid groups (broad SMARTS) is 1. The van der Waals surface area contributed by atoms with Crippen LogP contribution < -0.4 is 0 Å². The number of esters is 1. The van der Waals surface area contributed by atoms with E-state index in [1.165, 1.54) is 13.2 Å². The maximum atomic E-state index is 11.4. The second-order valence-electron chi connectivity index (χ2n) is 5.78. The molecule has 1 aliphatic heterocycles. The summed E-state index contributed by atoms with van der Waals surface area (Å²) in [6.07, 6.45) is 3.31. The quantitative estimate of drug-likeness (QED) is 0.411. The normalized spacial score (nSPS) is 26.7. The van der Waals surface area contributed by atoms with Gasteiger partial charge in [0.05, 0.1) is 24.4 Å². The lowest BCUT2D eigenvalue weighted by Gasteiger charge is -2.35. The molecular weight excluding hydrogens is 316 g/mol. The molecule has 0 fully saturated rings. The van der Waals surface area contributed by atoms with E-state index < -0.39 is 18.5 Å². The van der Waals surface area contributed by atoms with Crippen LogP contribution in [0.15, 0.2) is 23.5 Å². The van der Waals surface area contributed by atoms with Crippen molar-refractivity contribution < 1.29 is 33.6 Å². The highest BCUT2D eigenvalue weighted by molar-refractivity contribution is 5.87. The fourth-order valence-corrected chi connectivity index (χ4v) is 3.19. The summed E-state index contributed by atoms with van der Waals surface area (Å²) >= 11 is 0. The molecule has 0 bridgehead atoms. The van der Waals surface area contributed by atoms with E-state index in [2.05, 4.69) is 0 Å². The Bertz CT molecular complexity index is 537. The van der Waals surface area contributed by atoms with Crippen LogP contribution in [-0.4, -0.2) is 42.8 Å². The predicted molar refractivity (Wildman–Crippen MR) is 83.7 cm³/mol. The molecule has 2 aliphatic rings. The summed E-state index contributed by atoms with van der Waals surface area (Å²) in [6.45, 7) is 5.76. The number of allylic oxidation sites excluding steroid dienone is 1. The van der Waals surface area contributed by atoms with Crippen molar-refractivity contribution in [1.82, 2.24) is 0 Å². The van der Waals surface area contributed by atoms with E-state index in [9.17, 15) is 14.7 Å². The van der Waals surface area contributed by atoms with Crippen LogP contribution in [0.2, 0.25) is 0 Å². The van der Waals surface area contributed by atoms with E-state index in [-0.39, 0.29) is 30.0 Å². The van der Waals surface area contributed by atoms with Gasteiger partial charge in [0.2, 0.25) is 6.29 Å². The van der Waals surface area contributed by atoms with Gasteiger partial charge >= 0.3 is 11.9 Å². The largest absolute Gasteiger partial charge is 0.478 e. The van der Waals surface area contributed by atoms with Gasteiger partial charge in [-0.05, 0) is 20.3 Å². The average Bonchev–Trinajstić information content (AvgIpc) is 2.91. The molecular formula is C17H24O7. The van der Waals surface area contributed by atoms with Gasteiger partial charge in [-0.25, -0.2) is 4.79 Å². The highest BCUT2D eigenvalue weighted by Crippen LogP contribution is 2.44. The highest BCUT2D eigenvalue weighted by atomic mass is 16.8. The summed E-state index contributed by atoms with van der Waals surface area (Å²) < 4.78 is 21.7. The Balaban J connectivity index is 2.11. The van der Waals surface area contributed by atoms with Gasteiger partial charge in [0, 0.05) is 25.9 Å². The Kier molecular flexibility index (Phi) is 6.39. The van der Waals surface area contributed by atoms with E-state index in [4.69, 9.17) is 18.9 Å². The van der Waals surface area contributed by atoms with Crippen molar-refractivity contribution in [2.24, 2.45) is 11.8 Å². The standard InChI is InChI=1S/C17H24O7/c1-4-21-11(3)24-17-15-12(7-8-22-10(2)18)5-6-13(15)14(9-23-17)16(19)20/h5,9,11,13,15,17H,4,6-8H2,1-3H3,(H,19,20)/t11?,13-,15+,17-/m1/s1. The van der Waals surface area contributed by atoms with Gasteiger partial charge in [0.1, 0.15) is 0 Å². The summed E-state index contributed by atoms with van der Waals surface area (Å²) in [7, 11) is 0. The summed E-state index contributed by atoms with van der Waals surface area (Å²) in [4.78, 5) is 22.4. The minimum atomic E-state index is -0.990. The fourth-order valence-electron chi connectivity index (χ4n) is 3.19. The van der Waals surface area contributed by atoms with Gasteiger partial charge in [0.15, 0.2) is 6.29 Å². The van der Waals surface area contributed by atoms with Crippen LogP contribution in [0.1, 0.15) is 33.6 Å². The van der Waals surface area contributed by atoms with Crippen molar-refractivity contribution in [3.05, 3.63) is 23.5 Å². The molecule has 24 heavy (non-hydrogen) atoms. The maximum absolute atomic E-state index is 11.4. The van der Waals surface area contributed by atoms with E-state index in [0.29, 0.717) is 19.4 Å². The molecule has 1 unspecified atom stereocenters. The van der Waals surface area contributed by atoms with E-state index in [0.717, 1.165) is 5.57 Å². The van der Waals surface area contributed by atoms with Gasteiger partial charge in [-0.3, -0.25) is 4.79 Å². The van der Waals surface area contributed by atoms with Crippen LogP contribution in [0.3, 0.4) is 0 Å². The predicted octanol–water partition coefficient (Wildman–Crippen LogP) is 2.23. The Morgan fingerprint density at radius 2 is 2.21 bits per heavy atom. The number of carbonyl (C=O) groups excluding carboxylic acids is 1. The van der Waals surface area contributed by atoms with Gasteiger partial charge < -0.3 is 24.1 Å². The van der Waals surface area contributed by atoms with E-state index in [1.807, 2.05) is 13.0 Å². The van der Waals surface area contributed by atoms with Crippen molar-refractivity contribution in [2.75, 3.05) is 13.2 Å². The first-order valence-corrected chi connectivity index (χ1v) is 8.12. The lowest BCUT2D eigenvalue weighted by Crippen LogP contribution is -2.39. The first kappa shape index (κ1) is 18.5. The molecule has 7 heteroatoms. The highest BCUT2D eigenvalue weighted by Gasteiger charge is 2.44. The first-order valence-electron chi connectivity index (χ1n) is 8.12. The summed E-state index contributed by atoms with van der Waals surface area (Å²) in [5.41, 5.74) is 1.23. The summed E-state index contributed by atoms with van der Waals surface area (Å²) in [5.74, 6) is -1.76. The number of hydrogen-bond donors (Lipinski definition) is 1. The fraction of sp³-hybridized carbons (Fsp3) is 0.647. The monoisotopic (exact) mass is 340 g/mol. The molecule has 0 aromatic heterocycles. The van der Waals surface area contributed by atoms with Crippen LogP contribution >= 0.6 is 0 Å². The summed E-state index contributed by atoms with van der Waals surface area (Å²) in [5, 5.41) is 9.37. The first-order chi connectivity index (χ1) is 11.4. The van der Waals surface area contributed by atoms with Crippen molar-refractivity contribution in [3.8, 4) is 0 Å². The Labute approximate surface area is 141 Å². The molecule has 2 rings (SSSR count). The Morgan fingerprint density at radius 3 is 2.83 bits per heavy atom. The second kappa shape index (κ2) is 8.30. The van der Waals surface area contributed by atoms with Gasteiger partial charge in [-0.1, -0.05) is 11.6 Å². The van der Waals surface area contributed by atoms with Crippen molar-refractivity contribution in [2.45, 2.75) is 46.2 Å². The molecule has 0 saturated carbocycles. The summed E-state index contributed by atoms with van der Waals surface area (Å²) in [6, 6.07) is 0. The molecule has 0 saturated heterocycles. The molecule has 1 N–H and O–H groups in total. The molecule has 1 aliphatic carbocycles. The second-order valence-corrected chi connectivity index (χ2v) is 5.78. The minimum absolute atomic E-state index is 0.206. The third-order valence-corrected chi connectivity index (χ3v) is 4.19. The van der Waals surface area contributed by atoms with Gasteiger partial charge in [0.25, 0.3) is 0 Å². The van der Waals surface area contributed by atoms with Crippen LogP contribution in [0.4, 0.5) is 0 Å². The van der Waals surface area contributed by atoms with Crippen LogP contribution in [0, 0.1) is 11.8 Å². The smallest absolute Gasteiger partial charge is 0.335 e. The molecule has 0 amide bonds. The van der Waals surface area contributed by atoms with E-state index >= 15 is 0 Å². The average molecular weight is 340 g/mol. The molecule has 1 heterocycles. The number of aliphatic carboxylic acids is 1. The molecule has 0 spiro atoms. The maximum Gasteiger partial charge on any atom is 0.335 e. The van der Waals surface area contributed by atoms with Crippen LogP contribution in [-0.2, 0) is 28.5 Å². The lowest BCUT2D eigenvalue weighted by atomic mass is 9.82. The van der Waals surface area contributed by atoms with Crippen LogP contribution in [0.25, 0.3) is 0 Å². The number of rotatable bonds is 8. The molecule has 0 aromatic rings. The molecule has 7 nitrogen and oxygen atoms in total. The zero-order valence-corrected chi connectivity index (χ0v) is 14.2. The number of hydrogen-bond acceptors (Lipinski definition) is 6. The number of ether oxygens (including phenoxy) is 4. The Morgan fingerprint density at radius 1 is 1.46 bits per heavy atom. The third-order valence-electron chi connectivity index (χ3n) is 4.19.